The summed E-state index contributed by atoms with van der Waals surface area (Å²) >= 11 is 6.02. The highest BCUT2D eigenvalue weighted by Crippen LogP contribution is 2.38. The average molecular weight is 326 g/mol. The van der Waals surface area contributed by atoms with Gasteiger partial charge in [0.15, 0.2) is 5.09 Å². The molecule has 1 heterocycles. The Kier molecular flexibility index (Phi) is 5.30. The van der Waals surface area contributed by atoms with Crippen LogP contribution in [0.3, 0.4) is 0 Å². The number of rotatable bonds is 6. The van der Waals surface area contributed by atoms with Crippen LogP contribution in [0.5, 0.6) is 0 Å². The summed E-state index contributed by atoms with van der Waals surface area (Å²) in [5.41, 5.74) is 3.45. The van der Waals surface area contributed by atoms with Crippen molar-refractivity contribution in [3.63, 3.8) is 0 Å². The summed E-state index contributed by atoms with van der Waals surface area (Å²) in [5, 5.41) is 0.972. The van der Waals surface area contributed by atoms with Crippen molar-refractivity contribution in [2.75, 3.05) is 11.5 Å². The zero-order chi connectivity index (χ0) is 15.2. The molecule has 112 valence electrons. The lowest BCUT2D eigenvalue weighted by atomic mass is 10.0. The number of thiol groups is 1. The predicted octanol–water partition coefficient (Wildman–Crippen LogP) is 6.03. The fraction of sp³-hybridized carbons (Fsp3) is 0.158. The van der Waals surface area contributed by atoms with E-state index in [0.717, 1.165) is 39.9 Å². The molecule has 0 atom stereocenters. The molecule has 0 unspecified atom stereocenters. The molecule has 0 N–H and O–H groups in total. The quantitative estimate of drug-likeness (QED) is 0.338. The minimum atomic E-state index is 0.908. The SMILES string of the molecule is SCCCSc1cc(-c2ccccc2)c(-c2ccccc2)o1. The first kappa shape index (κ1) is 15.3. The molecule has 0 aliphatic carbocycles. The van der Waals surface area contributed by atoms with E-state index in [0.29, 0.717) is 0 Å². The zero-order valence-electron chi connectivity index (χ0n) is 12.2. The Bertz CT molecular complexity index is 648. The third-order valence-corrected chi connectivity index (χ3v) is 4.67. The topological polar surface area (TPSA) is 13.1 Å². The van der Waals surface area contributed by atoms with Crippen molar-refractivity contribution in [3.8, 4) is 22.5 Å². The average Bonchev–Trinajstić information content (AvgIpc) is 3.01. The molecule has 0 saturated heterocycles. The number of thioether (sulfide) groups is 1. The molecule has 0 bridgehead atoms. The molecule has 0 aliphatic heterocycles. The van der Waals surface area contributed by atoms with E-state index in [-0.39, 0.29) is 0 Å². The molecule has 3 heteroatoms. The van der Waals surface area contributed by atoms with Crippen molar-refractivity contribution in [1.29, 1.82) is 0 Å². The summed E-state index contributed by atoms with van der Waals surface area (Å²) in [6, 6.07) is 22.8. The highest BCUT2D eigenvalue weighted by atomic mass is 32.2. The minimum Gasteiger partial charge on any atom is -0.449 e. The monoisotopic (exact) mass is 326 g/mol. The largest absolute Gasteiger partial charge is 0.449 e. The van der Waals surface area contributed by atoms with Crippen LogP contribution in [0.15, 0.2) is 76.2 Å². The van der Waals surface area contributed by atoms with Gasteiger partial charge in [-0.3, -0.25) is 0 Å². The molecule has 3 rings (SSSR count). The third kappa shape index (κ3) is 3.60. The molecule has 0 amide bonds. The summed E-state index contributed by atoms with van der Waals surface area (Å²) in [4.78, 5) is 0. The highest BCUT2D eigenvalue weighted by Gasteiger charge is 2.14. The maximum atomic E-state index is 6.14. The Balaban J connectivity index is 1.99. The second-order valence-electron chi connectivity index (χ2n) is 4.97. The molecule has 3 aromatic rings. The van der Waals surface area contributed by atoms with Crippen molar-refractivity contribution in [2.45, 2.75) is 11.5 Å². The smallest absolute Gasteiger partial charge is 0.161 e. The van der Waals surface area contributed by atoms with Gasteiger partial charge in [0.2, 0.25) is 0 Å². The number of hydrogen-bond donors (Lipinski definition) is 1. The van der Waals surface area contributed by atoms with Crippen molar-refractivity contribution in [1.82, 2.24) is 0 Å². The van der Waals surface area contributed by atoms with Gasteiger partial charge >= 0.3 is 0 Å². The van der Waals surface area contributed by atoms with E-state index in [1.54, 1.807) is 11.8 Å². The third-order valence-electron chi connectivity index (χ3n) is 3.38. The fourth-order valence-corrected chi connectivity index (χ4v) is 3.52. The summed E-state index contributed by atoms with van der Waals surface area (Å²) in [6.07, 6.45) is 1.08. The van der Waals surface area contributed by atoms with E-state index in [1.807, 2.05) is 24.3 Å². The lowest BCUT2D eigenvalue weighted by molar-refractivity contribution is 0.488. The van der Waals surface area contributed by atoms with Gasteiger partial charge in [-0.1, -0.05) is 72.4 Å². The summed E-state index contributed by atoms with van der Waals surface area (Å²) in [6.45, 7) is 0. The first-order chi connectivity index (χ1) is 10.9. The lowest BCUT2D eigenvalue weighted by Gasteiger charge is -2.02. The van der Waals surface area contributed by atoms with Crippen LogP contribution < -0.4 is 0 Å². The fourth-order valence-electron chi connectivity index (χ4n) is 2.31. The Morgan fingerprint density at radius 2 is 1.50 bits per heavy atom. The maximum Gasteiger partial charge on any atom is 0.161 e. The number of hydrogen-bond acceptors (Lipinski definition) is 3. The predicted molar refractivity (Wildman–Crippen MR) is 98.8 cm³/mol. The van der Waals surface area contributed by atoms with Crippen LogP contribution in [0.1, 0.15) is 6.42 Å². The summed E-state index contributed by atoms with van der Waals surface area (Å²) in [5.74, 6) is 2.88. The van der Waals surface area contributed by atoms with Gasteiger partial charge in [-0.2, -0.15) is 12.6 Å². The van der Waals surface area contributed by atoms with Gasteiger partial charge in [0, 0.05) is 16.9 Å². The summed E-state index contributed by atoms with van der Waals surface area (Å²) < 4.78 is 6.14. The molecule has 0 radical (unpaired) electrons. The molecule has 0 saturated carbocycles. The van der Waals surface area contributed by atoms with Gasteiger partial charge in [-0.25, -0.2) is 0 Å². The van der Waals surface area contributed by atoms with Gasteiger partial charge in [0.25, 0.3) is 0 Å². The van der Waals surface area contributed by atoms with Crippen molar-refractivity contribution >= 4 is 24.4 Å². The van der Waals surface area contributed by atoms with Crippen LogP contribution in [0.2, 0.25) is 0 Å². The standard InChI is InChI=1S/C19H18OS2/c21-12-7-13-22-18-14-17(15-8-3-1-4-9-15)19(20-18)16-10-5-2-6-11-16/h1-6,8-11,14,21H,7,12-13H2. The van der Waals surface area contributed by atoms with Gasteiger partial charge in [-0.05, 0) is 23.8 Å². The van der Waals surface area contributed by atoms with Crippen LogP contribution >= 0.6 is 24.4 Å². The van der Waals surface area contributed by atoms with Crippen LogP contribution in [-0.2, 0) is 0 Å². The highest BCUT2D eigenvalue weighted by molar-refractivity contribution is 7.99. The van der Waals surface area contributed by atoms with Crippen molar-refractivity contribution in [2.24, 2.45) is 0 Å². The Morgan fingerprint density at radius 1 is 0.864 bits per heavy atom. The normalized spacial score (nSPS) is 10.8. The molecular formula is C19H18OS2. The van der Waals surface area contributed by atoms with E-state index >= 15 is 0 Å². The van der Waals surface area contributed by atoms with Crippen LogP contribution in [0.4, 0.5) is 0 Å². The van der Waals surface area contributed by atoms with Gasteiger partial charge < -0.3 is 4.42 Å². The van der Waals surface area contributed by atoms with Crippen molar-refractivity contribution in [3.05, 3.63) is 66.7 Å². The Morgan fingerprint density at radius 3 is 2.14 bits per heavy atom. The lowest BCUT2D eigenvalue weighted by Crippen LogP contribution is -1.78. The van der Waals surface area contributed by atoms with Crippen LogP contribution in [-0.4, -0.2) is 11.5 Å². The molecule has 1 aromatic heterocycles. The van der Waals surface area contributed by atoms with E-state index in [1.165, 1.54) is 5.56 Å². The first-order valence-corrected chi connectivity index (χ1v) is 8.98. The molecule has 0 fully saturated rings. The molecular weight excluding hydrogens is 308 g/mol. The first-order valence-electron chi connectivity index (χ1n) is 7.37. The zero-order valence-corrected chi connectivity index (χ0v) is 13.9. The Hall–Kier alpha value is -1.58. The Labute approximate surface area is 141 Å². The maximum absolute atomic E-state index is 6.14. The van der Waals surface area contributed by atoms with E-state index in [4.69, 9.17) is 4.42 Å². The minimum absolute atomic E-state index is 0.908. The van der Waals surface area contributed by atoms with Crippen molar-refractivity contribution < 1.29 is 4.42 Å². The summed E-state index contributed by atoms with van der Waals surface area (Å²) in [7, 11) is 0. The molecule has 1 nitrogen and oxygen atoms in total. The van der Waals surface area contributed by atoms with E-state index in [2.05, 4.69) is 55.1 Å². The number of benzene rings is 2. The second kappa shape index (κ2) is 7.61. The molecule has 0 aliphatic rings. The second-order valence-corrected chi connectivity index (χ2v) is 6.51. The molecule has 22 heavy (non-hydrogen) atoms. The van der Waals surface area contributed by atoms with Crippen LogP contribution in [0.25, 0.3) is 22.5 Å². The molecule has 0 spiro atoms. The van der Waals surface area contributed by atoms with Crippen LogP contribution in [0, 0.1) is 0 Å². The van der Waals surface area contributed by atoms with Gasteiger partial charge in [-0.15, -0.1) is 0 Å². The van der Waals surface area contributed by atoms with Gasteiger partial charge in [0.1, 0.15) is 5.76 Å². The molecule has 2 aromatic carbocycles. The van der Waals surface area contributed by atoms with E-state index < -0.39 is 0 Å². The number of furan rings is 1. The van der Waals surface area contributed by atoms with Gasteiger partial charge in [0.05, 0.1) is 0 Å². The van der Waals surface area contributed by atoms with E-state index in [9.17, 15) is 0 Å².